The first kappa shape index (κ1) is 49.0. The molecule has 2 unspecified atom stereocenters. The van der Waals surface area contributed by atoms with Crippen LogP contribution in [0.5, 0.6) is 0 Å². The molecule has 0 spiro atoms. The summed E-state index contributed by atoms with van der Waals surface area (Å²) in [5, 5.41) is 0. The molecule has 0 saturated carbocycles. The molecule has 0 aliphatic heterocycles. The fourth-order valence-electron chi connectivity index (χ4n) is 5.52. The van der Waals surface area contributed by atoms with Gasteiger partial charge in [-0.05, 0) is 44.9 Å². The molecule has 0 rings (SSSR count). The van der Waals surface area contributed by atoms with E-state index in [4.69, 9.17) is 18.5 Å². The van der Waals surface area contributed by atoms with Crippen LogP contribution in [-0.2, 0) is 27.9 Å². The Morgan fingerprint density at radius 2 is 1.10 bits per heavy atom. The van der Waals surface area contributed by atoms with Gasteiger partial charge in [-0.2, -0.15) is 0 Å². The maximum Gasteiger partial charge on any atom is 0.472 e. The highest BCUT2D eigenvalue weighted by molar-refractivity contribution is 7.47. The second kappa shape index (κ2) is 35.0. The van der Waals surface area contributed by atoms with Crippen LogP contribution in [0.15, 0.2) is 24.3 Å². The summed E-state index contributed by atoms with van der Waals surface area (Å²) < 4.78 is 34.8. The molecule has 0 aromatic rings. The number of nitrogens with zero attached hydrogens (tertiary/aromatic N) is 1. The molecule has 0 saturated heterocycles. The number of rotatable bonds is 38. The van der Waals surface area contributed by atoms with Gasteiger partial charge in [0.15, 0.2) is 0 Å². The van der Waals surface area contributed by atoms with E-state index in [0.29, 0.717) is 24.1 Å². The van der Waals surface area contributed by atoms with Gasteiger partial charge in [0.1, 0.15) is 19.3 Å². The number of phosphoric ester groups is 1. The third kappa shape index (κ3) is 38.2. The Morgan fingerprint density at radius 1 is 0.620 bits per heavy atom. The number of phosphoric acid groups is 1. The normalized spacial score (nSPS) is 14.1. The monoisotopic (exact) mass is 731 g/mol. The van der Waals surface area contributed by atoms with Crippen LogP contribution in [0.4, 0.5) is 0 Å². The SMILES string of the molecule is CCCCCC/C=C\C/C=C\CCCCCCCCCCOCC(COP(=O)(O)OCC[N+](C)(C)C)OC(=O)CCCCCCCCCCC. The molecule has 8 nitrogen and oxygen atoms in total. The van der Waals surface area contributed by atoms with E-state index in [1.165, 1.54) is 116 Å². The van der Waals surface area contributed by atoms with Crippen molar-refractivity contribution < 1.29 is 37.3 Å². The third-order valence-electron chi connectivity index (χ3n) is 8.77. The quantitative estimate of drug-likeness (QED) is 0.0222. The largest absolute Gasteiger partial charge is 0.472 e. The van der Waals surface area contributed by atoms with Gasteiger partial charge in [-0.3, -0.25) is 13.8 Å². The summed E-state index contributed by atoms with van der Waals surface area (Å²) in [6, 6.07) is 0. The first-order chi connectivity index (χ1) is 24.1. The molecule has 50 heavy (non-hydrogen) atoms. The number of carbonyl (C=O) groups excluding carboxylic acids is 1. The summed E-state index contributed by atoms with van der Waals surface area (Å²) in [6.07, 6.45) is 37.8. The van der Waals surface area contributed by atoms with Crippen LogP contribution >= 0.6 is 7.82 Å². The molecule has 0 bridgehead atoms. The minimum Gasteiger partial charge on any atom is -0.457 e. The Hall–Kier alpha value is -1.02. The lowest BCUT2D eigenvalue weighted by Gasteiger charge is -2.24. The van der Waals surface area contributed by atoms with Gasteiger partial charge in [0, 0.05) is 13.0 Å². The van der Waals surface area contributed by atoms with Crippen LogP contribution in [-0.4, -0.2) is 75.6 Å². The van der Waals surface area contributed by atoms with E-state index in [0.717, 1.165) is 38.5 Å². The number of hydrogen-bond acceptors (Lipinski definition) is 6. The second-order valence-corrected chi connectivity index (χ2v) is 16.5. The van der Waals surface area contributed by atoms with E-state index in [1.54, 1.807) is 0 Å². The average molecular weight is 731 g/mol. The van der Waals surface area contributed by atoms with Gasteiger partial charge in [0.2, 0.25) is 0 Å². The van der Waals surface area contributed by atoms with E-state index in [1.807, 2.05) is 21.1 Å². The molecule has 0 aromatic carbocycles. The highest BCUT2D eigenvalue weighted by Crippen LogP contribution is 2.43. The van der Waals surface area contributed by atoms with Gasteiger partial charge in [-0.25, -0.2) is 4.57 Å². The summed E-state index contributed by atoms with van der Waals surface area (Å²) in [6.45, 7) is 5.58. The Labute approximate surface area is 309 Å². The summed E-state index contributed by atoms with van der Waals surface area (Å²) in [5.41, 5.74) is 0. The van der Waals surface area contributed by atoms with Crippen molar-refractivity contribution in [3.8, 4) is 0 Å². The third-order valence-corrected chi connectivity index (χ3v) is 9.75. The molecular formula is C41H81NO7P+. The van der Waals surface area contributed by atoms with Crippen molar-refractivity contribution in [1.29, 1.82) is 0 Å². The predicted octanol–water partition coefficient (Wildman–Crippen LogP) is 11.7. The molecular weight excluding hydrogens is 649 g/mol. The number of allylic oxidation sites excluding steroid dienone is 4. The van der Waals surface area contributed by atoms with Gasteiger partial charge >= 0.3 is 13.8 Å². The maximum absolute atomic E-state index is 12.6. The molecule has 2 atom stereocenters. The number of unbranched alkanes of at least 4 members (excludes halogenated alkanes) is 20. The summed E-state index contributed by atoms with van der Waals surface area (Å²) in [4.78, 5) is 22.7. The molecule has 0 fully saturated rings. The zero-order chi connectivity index (χ0) is 37.0. The van der Waals surface area contributed by atoms with Gasteiger partial charge in [0.05, 0.1) is 34.4 Å². The standard InChI is InChI=1S/C41H80NO7P/c1-6-8-10-12-14-16-17-18-19-20-21-22-23-24-25-27-29-31-33-36-46-38-40(39-48-50(44,45)47-37-35-42(3,4)5)49-41(43)34-32-30-28-26-15-13-11-9-7-2/h16-17,19-20,40H,6-15,18,21-39H2,1-5H3/p+1/b17-16-,20-19-. The second-order valence-electron chi connectivity index (χ2n) is 15.0. The Morgan fingerprint density at radius 3 is 1.64 bits per heavy atom. The van der Waals surface area contributed by atoms with Crippen molar-refractivity contribution in [2.45, 2.75) is 180 Å². The molecule has 0 aliphatic carbocycles. The molecule has 296 valence electrons. The van der Waals surface area contributed by atoms with Gasteiger partial charge in [0.25, 0.3) is 0 Å². The van der Waals surface area contributed by atoms with Crippen LogP contribution in [0.1, 0.15) is 174 Å². The molecule has 1 N–H and O–H groups in total. The van der Waals surface area contributed by atoms with E-state index in [9.17, 15) is 14.3 Å². The maximum atomic E-state index is 12.6. The predicted molar refractivity (Wildman–Crippen MR) is 210 cm³/mol. The lowest BCUT2D eigenvalue weighted by atomic mass is 10.1. The average Bonchev–Trinajstić information content (AvgIpc) is 3.06. The summed E-state index contributed by atoms with van der Waals surface area (Å²) in [5.74, 6) is -0.319. The van der Waals surface area contributed by atoms with Crippen LogP contribution in [0.2, 0.25) is 0 Å². The van der Waals surface area contributed by atoms with Gasteiger partial charge < -0.3 is 18.9 Å². The molecule has 0 amide bonds. The highest BCUT2D eigenvalue weighted by atomic mass is 31.2. The van der Waals surface area contributed by atoms with Crippen molar-refractivity contribution in [3.05, 3.63) is 24.3 Å². The Balaban J connectivity index is 4.18. The zero-order valence-corrected chi connectivity index (χ0v) is 34.3. The number of carbonyl (C=O) groups is 1. The van der Waals surface area contributed by atoms with Gasteiger partial charge in [-0.15, -0.1) is 0 Å². The minimum atomic E-state index is -4.26. The number of likely N-dealkylation sites (N-methyl/N-ethyl adjacent to an activating group) is 1. The van der Waals surface area contributed by atoms with Gasteiger partial charge in [-0.1, -0.05) is 147 Å². The molecule has 0 heterocycles. The first-order valence-electron chi connectivity index (χ1n) is 20.6. The van der Waals surface area contributed by atoms with Crippen LogP contribution in [0.3, 0.4) is 0 Å². The topological polar surface area (TPSA) is 91.3 Å². The Kier molecular flexibility index (Phi) is 34.3. The number of quaternary nitrogens is 1. The lowest BCUT2D eigenvalue weighted by Crippen LogP contribution is -2.37. The molecule has 0 aliphatic rings. The van der Waals surface area contributed by atoms with Crippen molar-refractivity contribution >= 4 is 13.8 Å². The first-order valence-corrected chi connectivity index (χ1v) is 22.1. The smallest absolute Gasteiger partial charge is 0.457 e. The number of esters is 1. The number of ether oxygens (including phenoxy) is 2. The van der Waals surface area contributed by atoms with E-state index in [2.05, 4.69) is 38.2 Å². The molecule has 9 heteroatoms. The summed E-state index contributed by atoms with van der Waals surface area (Å²) >= 11 is 0. The Bertz CT molecular complexity index is 858. The van der Waals surface area contributed by atoms with Crippen molar-refractivity contribution in [3.63, 3.8) is 0 Å². The van der Waals surface area contributed by atoms with Crippen molar-refractivity contribution in [2.75, 3.05) is 54.1 Å². The van der Waals surface area contributed by atoms with Crippen LogP contribution < -0.4 is 0 Å². The zero-order valence-electron chi connectivity index (χ0n) is 33.4. The van der Waals surface area contributed by atoms with Crippen LogP contribution in [0, 0.1) is 0 Å². The van der Waals surface area contributed by atoms with Crippen molar-refractivity contribution in [2.24, 2.45) is 0 Å². The summed E-state index contributed by atoms with van der Waals surface area (Å²) in [7, 11) is 1.67. The minimum absolute atomic E-state index is 0.0889. The molecule has 0 aromatic heterocycles. The van der Waals surface area contributed by atoms with Crippen LogP contribution in [0.25, 0.3) is 0 Å². The van der Waals surface area contributed by atoms with E-state index < -0.39 is 13.9 Å². The van der Waals surface area contributed by atoms with Crippen molar-refractivity contribution in [1.82, 2.24) is 0 Å². The molecule has 0 radical (unpaired) electrons. The van der Waals surface area contributed by atoms with E-state index >= 15 is 0 Å². The highest BCUT2D eigenvalue weighted by Gasteiger charge is 2.26. The fraction of sp³-hybridized carbons (Fsp3) is 0.878. The van der Waals surface area contributed by atoms with E-state index in [-0.39, 0.29) is 25.8 Å². The fourth-order valence-corrected chi connectivity index (χ4v) is 6.26. The number of hydrogen-bond donors (Lipinski definition) is 1. The lowest BCUT2D eigenvalue weighted by molar-refractivity contribution is -0.870.